The van der Waals surface area contributed by atoms with E-state index in [9.17, 15) is 4.79 Å². The number of aromatic nitrogens is 2. The summed E-state index contributed by atoms with van der Waals surface area (Å²) in [6.07, 6.45) is 3.33. The Morgan fingerprint density at radius 1 is 1.68 bits per heavy atom. The zero-order valence-electron chi connectivity index (χ0n) is 11.6. The van der Waals surface area contributed by atoms with Gasteiger partial charge in [0.25, 0.3) is 5.91 Å². The van der Waals surface area contributed by atoms with E-state index in [4.69, 9.17) is 10.5 Å². The number of amides is 1. The lowest BCUT2D eigenvalue weighted by Gasteiger charge is -2.23. The van der Waals surface area contributed by atoms with Crippen molar-refractivity contribution in [1.82, 2.24) is 15.1 Å². The summed E-state index contributed by atoms with van der Waals surface area (Å²) in [5.41, 5.74) is 6.74. The summed E-state index contributed by atoms with van der Waals surface area (Å²) in [6.45, 7) is 6.55. The molecule has 3 N–H and O–H groups in total. The normalized spacial score (nSPS) is 22.7. The molecule has 0 radical (unpaired) electrons. The molecule has 2 heterocycles. The van der Waals surface area contributed by atoms with Crippen molar-refractivity contribution in [2.75, 3.05) is 19.8 Å². The van der Waals surface area contributed by atoms with Gasteiger partial charge in [0, 0.05) is 18.8 Å². The molecule has 0 bridgehead atoms. The Balaban J connectivity index is 2.05. The molecule has 1 unspecified atom stereocenters. The molecular weight excluding hydrogens is 244 g/mol. The van der Waals surface area contributed by atoms with Gasteiger partial charge in [-0.05, 0) is 33.2 Å². The van der Waals surface area contributed by atoms with Crippen LogP contribution < -0.4 is 11.1 Å². The van der Waals surface area contributed by atoms with Gasteiger partial charge in [0.1, 0.15) is 0 Å². The lowest BCUT2D eigenvalue weighted by atomic mass is 10.0. The fraction of sp³-hybridized carbons (Fsp3) is 0.692. The van der Waals surface area contributed by atoms with Crippen LogP contribution in [-0.2, 0) is 11.3 Å². The van der Waals surface area contributed by atoms with Gasteiger partial charge in [0.05, 0.1) is 23.9 Å². The van der Waals surface area contributed by atoms with Gasteiger partial charge < -0.3 is 15.8 Å². The highest BCUT2D eigenvalue weighted by Gasteiger charge is 2.32. The molecule has 1 fully saturated rings. The highest BCUT2D eigenvalue weighted by molar-refractivity contribution is 5.95. The molecule has 1 aliphatic rings. The zero-order chi connectivity index (χ0) is 13.9. The van der Waals surface area contributed by atoms with Crippen molar-refractivity contribution in [2.24, 2.45) is 5.73 Å². The number of nitrogens with one attached hydrogen (secondary N) is 1. The molecule has 6 heteroatoms. The molecule has 106 valence electrons. The van der Waals surface area contributed by atoms with Crippen molar-refractivity contribution in [2.45, 2.75) is 38.8 Å². The van der Waals surface area contributed by atoms with Crippen LogP contribution in [0.1, 0.15) is 35.8 Å². The second-order valence-corrected chi connectivity index (χ2v) is 5.33. The molecular formula is C13H22N4O2. The van der Waals surface area contributed by atoms with Crippen LogP contribution in [0.2, 0.25) is 0 Å². The summed E-state index contributed by atoms with van der Waals surface area (Å²) < 4.78 is 7.16. The molecule has 1 atom stereocenters. The maximum absolute atomic E-state index is 12.3. The van der Waals surface area contributed by atoms with E-state index >= 15 is 0 Å². The van der Waals surface area contributed by atoms with Crippen molar-refractivity contribution < 1.29 is 9.53 Å². The van der Waals surface area contributed by atoms with Gasteiger partial charge in [-0.3, -0.25) is 9.48 Å². The Bertz CT molecular complexity index is 449. The Hall–Kier alpha value is -1.40. The molecule has 1 aliphatic heterocycles. The minimum atomic E-state index is -0.261. The van der Waals surface area contributed by atoms with Crippen molar-refractivity contribution in [1.29, 1.82) is 0 Å². The van der Waals surface area contributed by atoms with Crippen LogP contribution >= 0.6 is 0 Å². The highest BCUT2D eigenvalue weighted by Crippen LogP contribution is 2.19. The Labute approximate surface area is 113 Å². The number of hydrogen-bond donors (Lipinski definition) is 2. The van der Waals surface area contributed by atoms with Crippen LogP contribution in [0.5, 0.6) is 0 Å². The lowest BCUT2D eigenvalue weighted by Crippen LogP contribution is -2.46. The third kappa shape index (κ3) is 3.13. The number of ether oxygens (including phenoxy) is 1. The molecule has 0 aliphatic carbocycles. The van der Waals surface area contributed by atoms with Crippen molar-refractivity contribution in [3.8, 4) is 0 Å². The summed E-state index contributed by atoms with van der Waals surface area (Å²) >= 11 is 0. The molecule has 1 saturated heterocycles. The second-order valence-electron chi connectivity index (χ2n) is 5.33. The number of carbonyl (C=O) groups excluding carboxylic acids is 1. The molecule has 6 nitrogen and oxygen atoms in total. The largest absolute Gasteiger partial charge is 0.379 e. The molecule has 1 aromatic heterocycles. The van der Waals surface area contributed by atoms with Crippen molar-refractivity contribution >= 4 is 5.91 Å². The van der Waals surface area contributed by atoms with Gasteiger partial charge in [0.2, 0.25) is 0 Å². The number of rotatable bonds is 5. The third-order valence-electron chi connectivity index (χ3n) is 3.56. The Kier molecular flexibility index (Phi) is 4.21. The van der Waals surface area contributed by atoms with Gasteiger partial charge in [-0.2, -0.15) is 5.10 Å². The molecule has 1 aromatic rings. The van der Waals surface area contributed by atoms with Crippen LogP contribution in [0.3, 0.4) is 0 Å². The number of hydrogen-bond acceptors (Lipinski definition) is 4. The quantitative estimate of drug-likeness (QED) is 0.810. The maximum atomic E-state index is 12.3. The van der Waals surface area contributed by atoms with Crippen molar-refractivity contribution in [3.63, 3.8) is 0 Å². The van der Waals surface area contributed by atoms with E-state index in [0.717, 1.165) is 25.1 Å². The number of nitrogens with zero attached hydrogens (tertiary/aromatic N) is 2. The fourth-order valence-corrected chi connectivity index (χ4v) is 2.24. The predicted octanol–water partition coefficient (Wildman–Crippen LogP) is 0.449. The summed E-state index contributed by atoms with van der Waals surface area (Å²) in [6, 6.07) is 0. The average Bonchev–Trinajstić information content (AvgIpc) is 2.94. The predicted molar refractivity (Wildman–Crippen MR) is 71.9 cm³/mol. The van der Waals surface area contributed by atoms with Gasteiger partial charge in [-0.15, -0.1) is 0 Å². The minimum absolute atomic E-state index is 0.0792. The van der Waals surface area contributed by atoms with E-state index < -0.39 is 0 Å². The van der Waals surface area contributed by atoms with E-state index in [1.54, 1.807) is 6.20 Å². The van der Waals surface area contributed by atoms with Crippen molar-refractivity contribution in [3.05, 3.63) is 17.5 Å². The van der Waals surface area contributed by atoms with Crippen LogP contribution in [-0.4, -0.2) is 41.0 Å². The van der Waals surface area contributed by atoms with E-state index in [2.05, 4.69) is 10.4 Å². The molecule has 0 spiro atoms. The van der Waals surface area contributed by atoms with Gasteiger partial charge in [-0.1, -0.05) is 0 Å². The van der Waals surface area contributed by atoms with Crippen LogP contribution in [0, 0.1) is 6.92 Å². The smallest absolute Gasteiger partial charge is 0.255 e. The summed E-state index contributed by atoms with van der Waals surface area (Å²) in [4.78, 5) is 12.3. The van der Waals surface area contributed by atoms with E-state index in [1.165, 1.54) is 0 Å². The minimum Gasteiger partial charge on any atom is -0.379 e. The summed E-state index contributed by atoms with van der Waals surface area (Å²) in [5.74, 6) is -0.0792. The average molecular weight is 266 g/mol. The second kappa shape index (κ2) is 5.71. The lowest BCUT2D eigenvalue weighted by molar-refractivity contribution is 0.0889. The van der Waals surface area contributed by atoms with E-state index in [-0.39, 0.29) is 11.4 Å². The standard InChI is InChI=1S/C13H22N4O2/c1-10-11(8-15-17(10)6-3-5-14)12(18)16-13(2)4-7-19-9-13/h8H,3-7,9,14H2,1-2H3,(H,16,18). The van der Waals surface area contributed by atoms with Gasteiger partial charge >= 0.3 is 0 Å². The third-order valence-corrected chi connectivity index (χ3v) is 3.56. The molecule has 0 saturated carbocycles. The highest BCUT2D eigenvalue weighted by atomic mass is 16.5. The topological polar surface area (TPSA) is 82.2 Å². The first kappa shape index (κ1) is 14.0. The van der Waals surface area contributed by atoms with Crippen LogP contribution in [0.15, 0.2) is 6.20 Å². The van der Waals surface area contributed by atoms with Gasteiger partial charge in [0.15, 0.2) is 0 Å². The number of aryl methyl sites for hydroxylation is 1. The molecule has 2 rings (SSSR count). The first-order valence-corrected chi connectivity index (χ1v) is 6.68. The zero-order valence-corrected chi connectivity index (χ0v) is 11.6. The number of carbonyl (C=O) groups is 1. The molecule has 0 aromatic carbocycles. The Morgan fingerprint density at radius 2 is 2.47 bits per heavy atom. The first-order valence-electron chi connectivity index (χ1n) is 6.68. The van der Waals surface area contributed by atoms with Crippen LogP contribution in [0.25, 0.3) is 0 Å². The maximum Gasteiger partial charge on any atom is 0.255 e. The van der Waals surface area contributed by atoms with Crippen LogP contribution in [0.4, 0.5) is 0 Å². The first-order chi connectivity index (χ1) is 9.06. The molecule has 19 heavy (non-hydrogen) atoms. The summed E-state index contributed by atoms with van der Waals surface area (Å²) in [7, 11) is 0. The molecule has 1 amide bonds. The van der Waals surface area contributed by atoms with Gasteiger partial charge in [-0.25, -0.2) is 0 Å². The SMILES string of the molecule is Cc1c(C(=O)NC2(C)CCOC2)cnn1CCCN. The fourth-order valence-electron chi connectivity index (χ4n) is 2.24. The Morgan fingerprint density at radius 3 is 3.11 bits per heavy atom. The number of nitrogens with two attached hydrogens (primary N) is 1. The monoisotopic (exact) mass is 266 g/mol. The summed E-state index contributed by atoms with van der Waals surface area (Å²) in [5, 5.41) is 7.28. The van der Waals surface area contributed by atoms with E-state index in [1.807, 2.05) is 18.5 Å². The van der Waals surface area contributed by atoms with E-state index in [0.29, 0.717) is 25.3 Å².